The topological polar surface area (TPSA) is 137 Å². The van der Waals surface area contributed by atoms with E-state index in [1.165, 1.54) is 6.20 Å². The second-order valence-corrected chi connectivity index (χ2v) is 7.29. The minimum absolute atomic E-state index is 0.0136. The van der Waals surface area contributed by atoms with E-state index < -0.39 is 22.8 Å². The van der Waals surface area contributed by atoms with Crippen molar-refractivity contribution in [1.29, 1.82) is 5.41 Å². The van der Waals surface area contributed by atoms with E-state index in [9.17, 15) is 19.1 Å². The van der Waals surface area contributed by atoms with E-state index in [4.69, 9.17) is 25.4 Å². The van der Waals surface area contributed by atoms with Gasteiger partial charge >= 0.3 is 5.97 Å². The van der Waals surface area contributed by atoms with Gasteiger partial charge in [-0.05, 0) is 37.3 Å². The summed E-state index contributed by atoms with van der Waals surface area (Å²) < 4.78 is 33.2. The number of aromatic nitrogens is 1. The maximum Gasteiger partial charge on any atom is 0.341 e. The normalized spacial score (nSPS) is 14.6. The molecule has 0 amide bonds. The highest BCUT2D eigenvalue weighted by Gasteiger charge is 2.28. The summed E-state index contributed by atoms with van der Waals surface area (Å²) in [4.78, 5) is 24.0. The van der Waals surface area contributed by atoms with Gasteiger partial charge in [-0.25, -0.2) is 9.18 Å². The first-order chi connectivity index (χ1) is 15.3. The number of rotatable bonds is 7. The standard InChI is InChI=1S/C22H20FN3O6/c1-11-10-32-20-17-14(18(27)15(22(28)29)9-26(11)17)8-16(23)19(20)31-7-6-30-13-4-2-12(3-5-13)21(24)25/h2-5,8-9,11H,6-7,10H2,1H3,(H3,24,25)(H,28,29)/t11-/m0/s1. The van der Waals surface area contributed by atoms with E-state index in [0.717, 1.165) is 6.07 Å². The smallest absolute Gasteiger partial charge is 0.341 e. The molecule has 1 aliphatic heterocycles. The zero-order valence-corrected chi connectivity index (χ0v) is 17.1. The van der Waals surface area contributed by atoms with E-state index in [-0.39, 0.29) is 54.1 Å². The van der Waals surface area contributed by atoms with E-state index >= 15 is 0 Å². The molecule has 1 atom stereocenters. The molecule has 0 bridgehead atoms. The third-order valence-corrected chi connectivity index (χ3v) is 5.12. The Morgan fingerprint density at radius 2 is 2.00 bits per heavy atom. The Hall–Kier alpha value is -4.08. The third-order valence-electron chi connectivity index (χ3n) is 5.12. The number of hydrogen-bond acceptors (Lipinski definition) is 6. The average Bonchev–Trinajstić information content (AvgIpc) is 2.76. The van der Waals surface area contributed by atoms with Crippen molar-refractivity contribution in [2.45, 2.75) is 13.0 Å². The van der Waals surface area contributed by atoms with Crippen LogP contribution in [0.1, 0.15) is 28.9 Å². The number of carboxylic acid groups (broad SMARTS) is 1. The molecule has 2 heterocycles. The van der Waals surface area contributed by atoms with E-state index in [1.807, 2.05) is 0 Å². The van der Waals surface area contributed by atoms with Crippen molar-refractivity contribution in [2.75, 3.05) is 19.8 Å². The predicted octanol–water partition coefficient (Wildman–Crippen LogP) is 2.53. The number of nitrogens with one attached hydrogen (secondary N) is 1. The lowest BCUT2D eigenvalue weighted by atomic mass is 10.1. The largest absolute Gasteiger partial charge is 0.490 e. The molecule has 4 N–H and O–H groups in total. The molecule has 2 aromatic carbocycles. The van der Waals surface area contributed by atoms with Gasteiger partial charge in [-0.2, -0.15) is 0 Å². The van der Waals surface area contributed by atoms with E-state index in [2.05, 4.69) is 0 Å². The molecule has 0 aliphatic carbocycles. The van der Waals surface area contributed by atoms with Crippen LogP contribution in [0, 0.1) is 11.2 Å². The lowest BCUT2D eigenvalue weighted by Gasteiger charge is -2.28. The molecule has 0 saturated heterocycles. The molecule has 0 unspecified atom stereocenters. The quantitative estimate of drug-likeness (QED) is 0.291. The molecule has 32 heavy (non-hydrogen) atoms. The molecule has 4 rings (SSSR count). The number of hydrogen-bond donors (Lipinski definition) is 3. The SMILES string of the molecule is C[C@H]1COc2c(OCCOc3ccc(C(=N)N)cc3)c(F)cc3c(=O)c(C(=O)O)cn1c23. The molecule has 0 saturated carbocycles. The highest BCUT2D eigenvalue weighted by atomic mass is 19.1. The monoisotopic (exact) mass is 441 g/mol. The average molecular weight is 441 g/mol. The second kappa shape index (κ2) is 8.22. The van der Waals surface area contributed by atoms with Gasteiger partial charge in [0.05, 0.1) is 16.9 Å². The van der Waals surface area contributed by atoms with Crippen molar-refractivity contribution >= 4 is 22.7 Å². The van der Waals surface area contributed by atoms with Gasteiger partial charge in [-0.3, -0.25) is 10.2 Å². The summed E-state index contributed by atoms with van der Waals surface area (Å²) in [7, 11) is 0. The first kappa shape index (κ1) is 21.2. The molecule has 0 radical (unpaired) electrons. The van der Waals surface area contributed by atoms with Crippen LogP contribution in [0.3, 0.4) is 0 Å². The van der Waals surface area contributed by atoms with Crippen molar-refractivity contribution in [3.63, 3.8) is 0 Å². The maximum atomic E-state index is 14.8. The number of nitrogens with zero attached hydrogens (tertiary/aromatic N) is 1. The van der Waals surface area contributed by atoms with E-state index in [0.29, 0.717) is 11.3 Å². The van der Waals surface area contributed by atoms with Crippen molar-refractivity contribution in [2.24, 2.45) is 5.73 Å². The van der Waals surface area contributed by atoms with Crippen molar-refractivity contribution in [3.8, 4) is 17.2 Å². The Morgan fingerprint density at radius 3 is 2.66 bits per heavy atom. The highest BCUT2D eigenvalue weighted by molar-refractivity contribution is 5.96. The van der Waals surface area contributed by atoms with Crippen LogP contribution in [0.4, 0.5) is 4.39 Å². The summed E-state index contributed by atoms with van der Waals surface area (Å²) in [5.74, 6) is -1.86. The zero-order chi connectivity index (χ0) is 23.0. The summed E-state index contributed by atoms with van der Waals surface area (Å²) in [5.41, 5.74) is 5.04. The second-order valence-electron chi connectivity index (χ2n) is 7.29. The molecule has 1 aromatic heterocycles. The van der Waals surface area contributed by atoms with Crippen LogP contribution in [0.15, 0.2) is 41.3 Å². The minimum Gasteiger partial charge on any atom is -0.490 e. The fraction of sp³-hybridized carbons (Fsp3) is 0.227. The van der Waals surface area contributed by atoms with Gasteiger partial charge in [0.25, 0.3) is 0 Å². The lowest BCUT2D eigenvalue weighted by molar-refractivity contribution is 0.0694. The molecular weight excluding hydrogens is 421 g/mol. The molecule has 0 fully saturated rings. The fourth-order valence-corrected chi connectivity index (χ4v) is 3.52. The number of carbonyl (C=O) groups is 1. The summed E-state index contributed by atoms with van der Waals surface area (Å²) >= 11 is 0. The van der Waals surface area contributed by atoms with Gasteiger partial charge in [0.2, 0.25) is 5.43 Å². The van der Waals surface area contributed by atoms with E-state index in [1.54, 1.807) is 35.8 Å². The van der Waals surface area contributed by atoms with Gasteiger partial charge in [0.15, 0.2) is 17.3 Å². The summed E-state index contributed by atoms with van der Waals surface area (Å²) in [6.45, 7) is 2.04. The molecule has 1 aliphatic rings. The molecule has 3 aromatic rings. The minimum atomic E-state index is -1.38. The summed E-state index contributed by atoms with van der Waals surface area (Å²) in [6.07, 6.45) is 1.25. The third kappa shape index (κ3) is 3.70. The van der Waals surface area contributed by atoms with Gasteiger partial charge < -0.3 is 29.6 Å². The molecular formula is C22H20FN3O6. The number of benzene rings is 2. The number of halogens is 1. The van der Waals surface area contributed by atoms with Gasteiger partial charge in [0.1, 0.15) is 37.0 Å². The molecule has 9 nitrogen and oxygen atoms in total. The highest BCUT2D eigenvalue weighted by Crippen LogP contribution is 2.41. The summed E-state index contributed by atoms with van der Waals surface area (Å²) in [6, 6.07) is 7.31. The number of pyridine rings is 1. The number of amidine groups is 1. The Labute approximate surface area is 181 Å². The van der Waals surface area contributed by atoms with Gasteiger partial charge in [0, 0.05) is 11.8 Å². The van der Waals surface area contributed by atoms with Crippen molar-refractivity contribution in [3.05, 3.63) is 63.7 Å². The number of nitrogen functional groups attached to an aromatic ring is 1. The first-order valence-electron chi connectivity index (χ1n) is 9.75. The first-order valence-corrected chi connectivity index (χ1v) is 9.75. The van der Waals surface area contributed by atoms with Crippen LogP contribution in [-0.2, 0) is 0 Å². The Morgan fingerprint density at radius 1 is 1.31 bits per heavy atom. The van der Waals surface area contributed by atoms with Crippen molar-refractivity contribution < 1.29 is 28.5 Å². The van der Waals surface area contributed by atoms with Crippen LogP contribution in [0.25, 0.3) is 10.9 Å². The fourth-order valence-electron chi connectivity index (χ4n) is 3.52. The molecule has 0 spiro atoms. The van der Waals surface area contributed by atoms with Crippen LogP contribution < -0.4 is 25.4 Å². The van der Waals surface area contributed by atoms with Crippen LogP contribution in [0.5, 0.6) is 17.2 Å². The van der Waals surface area contributed by atoms with Crippen molar-refractivity contribution in [1.82, 2.24) is 4.57 Å². The number of ether oxygens (including phenoxy) is 3. The number of aromatic carboxylic acids is 1. The predicted molar refractivity (Wildman–Crippen MR) is 114 cm³/mol. The van der Waals surface area contributed by atoms with Gasteiger partial charge in [-0.15, -0.1) is 0 Å². The van der Waals surface area contributed by atoms with Crippen LogP contribution in [0.2, 0.25) is 0 Å². The summed E-state index contributed by atoms with van der Waals surface area (Å²) in [5, 5.41) is 16.6. The Bertz CT molecular complexity index is 1290. The van der Waals surface area contributed by atoms with Crippen LogP contribution in [-0.4, -0.2) is 41.3 Å². The molecule has 166 valence electrons. The maximum absolute atomic E-state index is 14.8. The Balaban J connectivity index is 1.59. The number of nitrogens with two attached hydrogens (primary N) is 1. The van der Waals surface area contributed by atoms with Crippen LogP contribution >= 0.6 is 0 Å². The van der Waals surface area contributed by atoms with Gasteiger partial charge in [-0.1, -0.05) is 0 Å². The molecule has 10 heteroatoms. The number of carboxylic acids is 1. The lowest BCUT2D eigenvalue weighted by Crippen LogP contribution is -2.27. The Kier molecular flexibility index (Phi) is 5.43. The zero-order valence-electron chi connectivity index (χ0n) is 17.1.